The van der Waals surface area contributed by atoms with E-state index in [-0.39, 0.29) is 18.2 Å². The van der Waals surface area contributed by atoms with Crippen LogP contribution in [-0.4, -0.2) is 36.6 Å². The Bertz CT molecular complexity index is 819. The Morgan fingerprint density at radius 1 is 0.931 bits per heavy atom. The summed E-state index contributed by atoms with van der Waals surface area (Å²) in [5.74, 6) is -0.0851. The second-order valence-electron chi connectivity index (χ2n) is 6.40. The first kappa shape index (κ1) is 21.9. The highest BCUT2D eigenvalue weighted by atomic mass is 16.5. The van der Waals surface area contributed by atoms with E-state index in [2.05, 4.69) is 10.6 Å². The van der Waals surface area contributed by atoms with Crippen LogP contribution in [0.3, 0.4) is 0 Å². The zero-order valence-corrected chi connectivity index (χ0v) is 16.2. The minimum Gasteiger partial charge on any atom is -0.497 e. The lowest BCUT2D eigenvalue weighted by Gasteiger charge is -2.08. The number of hydrogen-bond donors (Lipinski definition) is 4. The van der Waals surface area contributed by atoms with Gasteiger partial charge in [-0.3, -0.25) is 19.6 Å². The molecule has 2 aromatic carbocycles. The SMILES string of the molecule is COc1ccc(C(=O)NCCCCC(=O)Nc2ccc(CC(=O)NO)cc2)cc1. The van der Waals surface area contributed by atoms with Crippen LogP contribution < -0.4 is 20.9 Å². The van der Waals surface area contributed by atoms with Gasteiger partial charge < -0.3 is 15.4 Å². The Labute approximate surface area is 169 Å². The Morgan fingerprint density at radius 3 is 2.24 bits per heavy atom. The predicted molar refractivity (Wildman–Crippen MR) is 108 cm³/mol. The van der Waals surface area contributed by atoms with E-state index in [4.69, 9.17) is 9.94 Å². The molecule has 0 aliphatic carbocycles. The summed E-state index contributed by atoms with van der Waals surface area (Å²) in [6.07, 6.45) is 1.73. The Kier molecular flexibility index (Phi) is 8.65. The first-order valence-electron chi connectivity index (χ1n) is 9.26. The number of carbonyl (C=O) groups excluding carboxylic acids is 3. The van der Waals surface area contributed by atoms with E-state index in [0.717, 1.165) is 5.56 Å². The summed E-state index contributed by atoms with van der Waals surface area (Å²) in [6, 6.07) is 13.7. The largest absolute Gasteiger partial charge is 0.497 e. The van der Waals surface area contributed by atoms with Crippen LogP contribution in [-0.2, 0) is 16.0 Å². The lowest BCUT2D eigenvalue weighted by Crippen LogP contribution is -2.24. The van der Waals surface area contributed by atoms with E-state index in [1.165, 1.54) is 0 Å². The van der Waals surface area contributed by atoms with Gasteiger partial charge in [0.15, 0.2) is 0 Å². The van der Waals surface area contributed by atoms with E-state index in [9.17, 15) is 14.4 Å². The van der Waals surface area contributed by atoms with Crippen molar-refractivity contribution in [3.8, 4) is 5.75 Å². The third-order valence-corrected chi connectivity index (χ3v) is 4.20. The van der Waals surface area contributed by atoms with Gasteiger partial charge in [0.25, 0.3) is 5.91 Å². The number of benzene rings is 2. The van der Waals surface area contributed by atoms with Gasteiger partial charge in [-0.25, -0.2) is 5.48 Å². The van der Waals surface area contributed by atoms with Gasteiger partial charge in [-0.05, 0) is 54.8 Å². The number of unbranched alkanes of at least 4 members (excludes halogenated alkanes) is 1. The fourth-order valence-corrected chi connectivity index (χ4v) is 2.61. The number of ether oxygens (including phenoxy) is 1. The molecule has 0 radical (unpaired) electrons. The smallest absolute Gasteiger partial charge is 0.251 e. The molecule has 0 bridgehead atoms. The standard InChI is InChI=1S/C21H25N3O5/c1-29-18-11-7-16(8-12-18)21(27)22-13-3-2-4-19(25)23-17-9-5-15(6-10-17)14-20(26)24-28/h5-12,28H,2-4,13-14H2,1H3,(H,22,27)(H,23,25)(H,24,26). The molecule has 29 heavy (non-hydrogen) atoms. The number of nitrogens with one attached hydrogen (secondary N) is 3. The second kappa shape index (κ2) is 11.5. The van der Waals surface area contributed by atoms with Crippen LogP contribution in [0, 0.1) is 0 Å². The van der Waals surface area contributed by atoms with Gasteiger partial charge in [-0.1, -0.05) is 12.1 Å². The van der Waals surface area contributed by atoms with Crippen LogP contribution in [0.2, 0.25) is 0 Å². The fourth-order valence-electron chi connectivity index (χ4n) is 2.61. The number of hydrogen-bond acceptors (Lipinski definition) is 5. The average molecular weight is 399 g/mol. The molecule has 0 unspecified atom stereocenters. The van der Waals surface area contributed by atoms with Gasteiger partial charge in [0.05, 0.1) is 13.5 Å². The summed E-state index contributed by atoms with van der Waals surface area (Å²) in [6.45, 7) is 0.486. The second-order valence-corrected chi connectivity index (χ2v) is 6.40. The van der Waals surface area contributed by atoms with Crippen LogP contribution in [0.5, 0.6) is 5.75 Å². The van der Waals surface area contributed by atoms with Crippen molar-refractivity contribution in [1.29, 1.82) is 0 Å². The highest BCUT2D eigenvalue weighted by Crippen LogP contribution is 2.12. The number of rotatable bonds is 10. The monoisotopic (exact) mass is 399 g/mol. The van der Waals surface area contributed by atoms with Crippen molar-refractivity contribution in [2.24, 2.45) is 0 Å². The average Bonchev–Trinajstić information content (AvgIpc) is 2.74. The molecule has 0 heterocycles. The van der Waals surface area contributed by atoms with Gasteiger partial charge in [-0.15, -0.1) is 0 Å². The molecule has 0 aliphatic rings. The molecule has 8 nitrogen and oxygen atoms in total. The minimum absolute atomic E-state index is 0.0625. The number of hydroxylamine groups is 1. The molecule has 0 saturated carbocycles. The molecule has 3 amide bonds. The normalized spacial score (nSPS) is 10.1. The van der Waals surface area contributed by atoms with Crippen molar-refractivity contribution in [1.82, 2.24) is 10.8 Å². The maximum Gasteiger partial charge on any atom is 0.251 e. The Morgan fingerprint density at radius 2 is 1.62 bits per heavy atom. The lowest BCUT2D eigenvalue weighted by molar-refractivity contribution is -0.128. The highest BCUT2D eigenvalue weighted by molar-refractivity contribution is 5.94. The highest BCUT2D eigenvalue weighted by Gasteiger charge is 2.07. The van der Waals surface area contributed by atoms with Crippen LogP contribution >= 0.6 is 0 Å². The first-order chi connectivity index (χ1) is 14.0. The Hall–Kier alpha value is -3.39. The van der Waals surface area contributed by atoms with Crippen molar-refractivity contribution < 1.29 is 24.3 Å². The van der Waals surface area contributed by atoms with Gasteiger partial charge in [0.2, 0.25) is 11.8 Å². The topological polar surface area (TPSA) is 117 Å². The molecule has 0 fully saturated rings. The molecule has 0 aliphatic heterocycles. The van der Waals surface area contributed by atoms with E-state index < -0.39 is 5.91 Å². The van der Waals surface area contributed by atoms with E-state index in [0.29, 0.717) is 42.8 Å². The van der Waals surface area contributed by atoms with Crippen LogP contribution in [0.25, 0.3) is 0 Å². The summed E-state index contributed by atoms with van der Waals surface area (Å²) < 4.78 is 5.06. The number of anilines is 1. The molecule has 0 spiro atoms. The van der Waals surface area contributed by atoms with Gasteiger partial charge in [-0.2, -0.15) is 0 Å². The molecule has 8 heteroatoms. The molecular weight excluding hydrogens is 374 g/mol. The van der Waals surface area contributed by atoms with E-state index in [1.807, 2.05) is 0 Å². The first-order valence-corrected chi connectivity index (χ1v) is 9.26. The zero-order valence-electron chi connectivity index (χ0n) is 16.2. The minimum atomic E-state index is -0.499. The third-order valence-electron chi connectivity index (χ3n) is 4.20. The summed E-state index contributed by atoms with van der Waals surface area (Å²) in [7, 11) is 1.57. The molecule has 154 valence electrons. The number of methoxy groups -OCH3 is 1. The molecule has 2 aromatic rings. The summed E-state index contributed by atoms with van der Waals surface area (Å²) in [5, 5.41) is 14.1. The molecule has 4 N–H and O–H groups in total. The zero-order chi connectivity index (χ0) is 21.1. The van der Waals surface area contributed by atoms with Crippen LogP contribution in [0.15, 0.2) is 48.5 Å². The number of amides is 3. The van der Waals surface area contributed by atoms with E-state index in [1.54, 1.807) is 61.1 Å². The predicted octanol–water partition coefficient (Wildman–Crippen LogP) is 2.28. The summed E-state index contributed by atoms with van der Waals surface area (Å²) >= 11 is 0. The van der Waals surface area contributed by atoms with Crippen molar-refractivity contribution in [3.63, 3.8) is 0 Å². The van der Waals surface area contributed by atoms with Crippen molar-refractivity contribution in [2.75, 3.05) is 19.0 Å². The summed E-state index contributed by atoms with van der Waals surface area (Å²) in [4.78, 5) is 35.1. The number of carbonyl (C=O) groups is 3. The Balaban J connectivity index is 1.64. The summed E-state index contributed by atoms with van der Waals surface area (Å²) in [5.41, 5.74) is 3.49. The van der Waals surface area contributed by atoms with Crippen LogP contribution in [0.1, 0.15) is 35.2 Å². The molecule has 2 rings (SSSR count). The lowest BCUT2D eigenvalue weighted by atomic mass is 10.1. The quantitative estimate of drug-likeness (QED) is 0.278. The fraction of sp³-hybridized carbons (Fsp3) is 0.286. The maximum absolute atomic E-state index is 12.0. The molecule has 0 atom stereocenters. The van der Waals surface area contributed by atoms with Crippen molar-refractivity contribution in [3.05, 3.63) is 59.7 Å². The van der Waals surface area contributed by atoms with Crippen LogP contribution in [0.4, 0.5) is 5.69 Å². The van der Waals surface area contributed by atoms with Crippen molar-refractivity contribution >= 4 is 23.4 Å². The van der Waals surface area contributed by atoms with Gasteiger partial charge in [0, 0.05) is 24.2 Å². The van der Waals surface area contributed by atoms with Crippen molar-refractivity contribution in [2.45, 2.75) is 25.7 Å². The van der Waals surface area contributed by atoms with E-state index >= 15 is 0 Å². The molecule has 0 aromatic heterocycles. The maximum atomic E-state index is 12.0. The molecular formula is C21H25N3O5. The third kappa shape index (κ3) is 7.63. The van der Waals surface area contributed by atoms with Gasteiger partial charge >= 0.3 is 0 Å². The molecule has 0 saturated heterocycles. The van der Waals surface area contributed by atoms with Gasteiger partial charge in [0.1, 0.15) is 5.75 Å².